The summed E-state index contributed by atoms with van der Waals surface area (Å²) in [6, 6.07) is 8.01. The molecule has 7 nitrogen and oxygen atoms in total. The Kier molecular flexibility index (Phi) is 6.85. The molecule has 0 aromatic heterocycles. The second-order valence-corrected chi connectivity index (χ2v) is 7.43. The first-order valence-electron chi connectivity index (χ1n) is 8.89. The number of rotatable bonds is 4. The first-order valence-corrected chi connectivity index (χ1v) is 8.89. The number of guanidine groups is 1. The Morgan fingerprint density at radius 1 is 1.23 bits per heavy atom. The molecular formula is C19H30N4O3. The molecule has 1 aromatic rings. The van der Waals surface area contributed by atoms with Crippen molar-refractivity contribution in [3.05, 3.63) is 35.4 Å². The number of hydrogen-bond donors (Lipinski definition) is 1. The van der Waals surface area contributed by atoms with Crippen LogP contribution in [0, 0.1) is 0 Å². The lowest BCUT2D eigenvalue weighted by Crippen LogP contribution is -2.44. The van der Waals surface area contributed by atoms with Gasteiger partial charge in [-0.2, -0.15) is 0 Å². The molecule has 0 bridgehead atoms. The van der Waals surface area contributed by atoms with Gasteiger partial charge in [0.1, 0.15) is 5.60 Å². The number of ether oxygens (including phenoxy) is 2. The molecule has 144 valence electrons. The molecule has 1 amide bonds. The third-order valence-corrected chi connectivity index (χ3v) is 3.91. The first kappa shape index (κ1) is 20.0. The minimum atomic E-state index is -0.492. The number of benzene rings is 1. The van der Waals surface area contributed by atoms with Crippen LogP contribution in [-0.4, -0.2) is 60.8 Å². The molecule has 2 rings (SSSR count). The van der Waals surface area contributed by atoms with Gasteiger partial charge in [-0.1, -0.05) is 24.3 Å². The molecular weight excluding hydrogens is 332 g/mol. The summed E-state index contributed by atoms with van der Waals surface area (Å²) in [5.41, 5.74) is 7.65. The van der Waals surface area contributed by atoms with Crippen LogP contribution in [0.4, 0.5) is 4.79 Å². The van der Waals surface area contributed by atoms with E-state index in [1.807, 2.05) is 49.9 Å². The highest BCUT2D eigenvalue weighted by molar-refractivity contribution is 5.78. The lowest BCUT2D eigenvalue weighted by Gasteiger charge is -2.27. The van der Waals surface area contributed by atoms with E-state index >= 15 is 0 Å². The molecule has 0 unspecified atom stereocenters. The topological polar surface area (TPSA) is 80.4 Å². The average Bonchev–Trinajstić information content (AvgIpc) is 2.60. The number of carbonyl (C=O) groups excluding carboxylic acids is 1. The van der Waals surface area contributed by atoms with Crippen LogP contribution in [0.3, 0.4) is 0 Å². The van der Waals surface area contributed by atoms with Gasteiger partial charge in [0, 0.05) is 26.7 Å². The zero-order chi connectivity index (χ0) is 19.2. The summed E-state index contributed by atoms with van der Waals surface area (Å²) >= 11 is 0. The van der Waals surface area contributed by atoms with Crippen LogP contribution in [0.15, 0.2) is 29.3 Å². The van der Waals surface area contributed by atoms with Crippen LogP contribution in [0.2, 0.25) is 0 Å². The van der Waals surface area contributed by atoms with Gasteiger partial charge in [0.05, 0.1) is 19.8 Å². The van der Waals surface area contributed by atoms with Gasteiger partial charge in [0.15, 0.2) is 5.96 Å². The number of carbonyl (C=O) groups is 1. The van der Waals surface area contributed by atoms with Gasteiger partial charge < -0.3 is 25.0 Å². The molecule has 7 heteroatoms. The number of hydrogen-bond acceptors (Lipinski definition) is 4. The first-order chi connectivity index (χ1) is 12.2. The van der Waals surface area contributed by atoms with Crippen LogP contribution >= 0.6 is 0 Å². The van der Waals surface area contributed by atoms with Gasteiger partial charge in [-0.25, -0.2) is 9.79 Å². The normalized spacial score (nSPS) is 15.7. The molecule has 0 spiro atoms. The van der Waals surface area contributed by atoms with Gasteiger partial charge in [-0.3, -0.25) is 0 Å². The monoisotopic (exact) mass is 362 g/mol. The Morgan fingerprint density at radius 3 is 2.38 bits per heavy atom. The van der Waals surface area contributed by atoms with Crippen LogP contribution in [0.5, 0.6) is 0 Å². The van der Waals surface area contributed by atoms with Crippen LogP contribution in [0.1, 0.15) is 31.9 Å². The summed E-state index contributed by atoms with van der Waals surface area (Å²) in [7, 11) is 1.73. The molecule has 1 fully saturated rings. The Bertz CT molecular complexity index is 617. The van der Waals surface area contributed by atoms with Gasteiger partial charge in [-0.05, 0) is 31.9 Å². The molecule has 1 heterocycles. The van der Waals surface area contributed by atoms with Crippen molar-refractivity contribution in [2.75, 3.05) is 33.4 Å². The third kappa shape index (κ3) is 6.55. The number of aliphatic imine (C=N–C) groups is 1. The molecule has 1 aromatic carbocycles. The highest BCUT2D eigenvalue weighted by atomic mass is 16.6. The summed E-state index contributed by atoms with van der Waals surface area (Å²) in [5.74, 6) is 0.557. The maximum atomic E-state index is 12.0. The fourth-order valence-corrected chi connectivity index (χ4v) is 2.49. The van der Waals surface area contributed by atoms with Crippen molar-refractivity contribution in [1.29, 1.82) is 0 Å². The van der Waals surface area contributed by atoms with Crippen molar-refractivity contribution in [3.63, 3.8) is 0 Å². The summed E-state index contributed by atoms with van der Waals surface area (Å²) in [6.45, 7) is 9.55. The predicted octanol–water partition coefficient (Wildman–Crippen LogP) is 2.20. The van der Waals surface area contributed by atoms with Gasteiger partial charge >= 0.3 is 6.09 Å². The summed E-state index contributed by atoms with van der Waals surface area (Å²) in [6.07, 6.45) is -0.329. The van der Waals surface area contributed by atoms with Gasteiger partial charge in [-0.15, -0.1) is 0 Å². The summed E-state index contributed by atoms with van der Waals surface area (Å²) in [5, 5.41) is 0. The SMILES string of the molecule is CN(Cc1ccc(CN=C(N)N2CCOCC2)cc1)C(=O)OC(C)(C)C. The van der Waals surface area contributed by atoms with Crippen molar-refractivity contribution < 1.29 is 14.3 Å². The van der Waals surface area contributed by atoms with Gasteiger partial charge in [0.25, 0.3) is 0 Å². The Balaban J connectivity index is 1.86. The zero-order valence-electron chi connectivity index (χ0n) is 16.2. The number of nitrogens with zero attached hydrogens (tertiary/aromatic N) is 3. The lowest BCUT2D eigenvalue weighted by molar-refractivity contribution is 0.0285. The van der Waals surface area contributed by atoms with Crippen molar-refractivity contribution in [1.82, 2.24) is 9.80 Å². The molecule has 2 N–H and O–H groups in total. The Labute approximate surface area is 155 Å². The smallest absolute Gasteiger partial charge is 0.410 e. The third-order valence-electron chi connectivity index (χ3n) is 3.91. The molecule has 0 aliphatic carbocycles. The number of amides is 1. The fourth-order valence-electron chi connectivity index (χ4n) is 2.49. The molecule has 0 radical (unpaired) electrons. The van der Waals surface area contributed by atoms with Gasteiger partial charge in [0.2, 0.25) is 0 Å². The average molecular weight is 362 g/mol. The molecule has 26 heavy (non-hydrogen) atoms. The van der Waals surface area contributed by atoms with E-state index in [1.54, 1.807) is 11.9 Å². The molecule has 0 atom stereocenters. The second-order valence-electron chi connectivity index (χ2n) is 7.43. The minimum absolute atomic E-state index is 0.329. The predicted molar refractivity (Wildman–Crippen MR) is 102 cm³/mol. The molecule has 1 saturated heterocycles. The second kappa shape index (κ2) is 8.89. The van der Waals surface area contributed by atoms with Crippen LogP contribution in [0.25, 0.3) is 0 Å². The van der Waals surface area contributed by atoms with E-state index in [-0.39, 0.29) is 6.09 Å². The van der Waals surface area contributed by atoms with E-state index < -0.39 is 5.60 Å². The van der Waals surface area contributed by atoms with E-state index in [2.05, 4.69) is 4.99 Å². The van der Waals surface area contributed by atoms with E-state index in [1.165, 1.54) is 0 Å². The quantitative estimate of drug-likeness (QED) is 0.656. The van der Waals surface area contributed by atoms with Crippen molar-refractivity contribution >= 4 is 12.1 Å². The Hall–Kier alpha value is -2.28. The van der Waals surface area contributed by atoms with E-state index in [0.29, 0.717) is 32.3 Å². The standard InChI is InChI=1S/C19H30N4O3/c1-19(2,3)26-18(24)22(4)14-16-7-5-15(6-8-16)13-21-17(20)23-9-11-25-12-10-23/h5-8H,9-14H2,1-4H3,(H2,20,21). The highest BCUT2D eigenvalue weighted by Gasteiger charge is 2.19. The van der Waals surface area contributed by atoms with E-state index in [9.17, 15) is 4.79 Å². The highest BCUT2D eigenvalue weighted by Crippen LogP contribution is 2.12. The molecule has 1 aliphatic rings. The van der Waals surface area contributed by atoms with Crippen molar-refractivity contribution in [3.8, 4) is 0 Å². The van der Waals surface area contributed by atoms with Crippen molar-refractivity contribution in [2.45, 2.75) is 39.5 Å². The number of morpholine rings is 1. The minimum Gasteiger partial charge on any atom is -0.444 e. The van der Waals surface area contributed by atoms with Crippen LogP contribution < -0.4 is 5.73 Å². The van der Waals surface area contributed by atoms with Crippen LogP contribution in [-0.2, 0) is 22.6 Å². The lowest BCUT2D eigenvalue weighted by atomic mass is 10.1. The molecule has 1 aliphatic heterocycles. The fraction of sp³-hybridized carbons (Fsp3) is 0.579. The van der Waals surface area contributed by atoms with E-state index in [4.69, 9.17) is 15.2 Å². The van der Waals surface area contributed by atoms with Crippen molar-refractivity contribution in [2.24, 2.45) is 10.7 Å². The maximum absolute atomic E-state index is 12.0. The largest absolute Gasteiger partial charge is 0.444 e. The Morgan fingerprint density at radius 2 is 1.81 bits per heavy atom. The summed E-state index contributed by atoms with van der Waals surface area (Å²) < 4.78 is 10.7. The zero-order valence-corrected chi connectivity index (χ0v) is 16.2. The number of nitrogens with two attached hydrogens (primary N) is 1. The maximum Gasteiger partial charge on any atom is 0.410 e. The summed E-state index contributed by atoms with van der Waals surface area (Å²) in [4.78, 5) is 20.1. The van der Waals surface area contributed by atoms with E-state index in [0.717, 1.165) is 24.2 Å². The molecule has 0 saturated carbocycles.